The topological polar surface area (TPSA) is 54.5 Å². The summed E-state index contributed by atoms with van der Waals surface area (Å²) in [5, 5.41) is 2.71. The van der Waals surface area contributed by atoms with Crippen LogP contribution in [0, 0.1) is 0 Å². The van der Waals surface area contributed by atoms with Gasteiger partial charge in [0.1, 0.15) is 11.4 Å². The van der Waals surface area contributed by atoms with E-state index in [4.69, 9.17) is 4.74 Å². The average molecular weight is 279 g/mol. The Labute approximate surface area is 121 Å². The smallest absolute Gasteiger partial charge is 0.407 e. The van der Waals surface area contributed by atoms with Gasteiger partial charge in [0.15, 0.2) is 0 Å². The lowest BCUT2D eigenvalue weighted by atomic mass is 10.2. The second-order valence-electron chi connectivity index (χ2n) is 6.08. The minimum absolute atomic E-state index is 0.397. The van der Waals surface area contributed by atoms with Gasteiger partial charge in [-0.2, -0.15) is 0 Å². The van der Waals surface area contributed by atoms with Crippen molar-refractivity contribution in [1.82, 2.24) is 10.3 Å². The van der Waals surface area contributed by atoms with Crippen molar-refractivity contribution in [2.24, 2.45) is 0 Å². The summed E-state index contributed by atoms with van der Waals surface area (Å²) < 4.78 is 5.17. The molecule has 1 aromatic heterocycles. The van der Waals surface area contributed by atoms with E-state index in [0.717, 1.165) is 11.4 Å². The molecule has 0 saturated carbocycles. The highest BCUT2D eigenvalue weighted by molar-refractivity contribution is 5.67. The first-order valence-corrected chi connectivity index (χ1v) is 6.83. The Morgan fingerprint density at radius 1 is 1.40 bits per heavy atom. The van der Waals surface area contributed by atoms with Crippen LogP contribution in [-0.4, -0.2) is 29.8 Å². The van der Waals surface area contributed by atoms with Crippen molar-refractivity contribution in [3.63, 3.8) is 0 Å². The van der Waals surface area contributed by atoms with Gasteiger partial charge >= 0.3 is 6.09 Å². The molecule has 0 radical (unpaired) electrons. The minimum atomic E-state index is -0.480. The molecule has 1 rings (SSSR count). The number of ether oxygens (including phenoxy) is 1. The third kappa shape index (κ3) is 5.47. The molecule has 5 heteroatoms. The number of carbonyl (C=O) groups is 1. The number of rotatable bonds is 4. The minimum Gasteiger partial charge on any atom is -0.444 e. The summed E-state index contributed by atoms with van der Waals surface area (Å²) >= 11 is 0. The van der Waals surface area contributed by atoms with Crippen LogP contribution in [0.1, 0.15) is 40.2 Å². The number of alkyl carbamates (subject to hydrolysis) is 1. The van der Waals surface area contributed by atoms with Crippen molar-refractivity contribution >= 4 is 11.9 Å². The van der Waals surface area contributed by atoms with E-state index in [0.29, 0.717) is 12.6 Å². The SMILES string of the molecule is CC(C)N(C)c1ccc(CNC(=O)OC(C)(C)C)cn1. The first-order valence-electron chi connectivity index (χ1n) is 6.83. The van der Waals surface area contributed by atoms with Crippen LogP contribution in [0.25, 0.3) is 0 Å². The van der Waals surface area contributed by atoms with Crippen LogP contribution in [-0.2, 0) is 11.3 Å². The zero-order valence-electron chi connectivity index (χ0n) is 13.2. The number of hydrogen-bond acceptors (Lipinski definition) is 4. The molecule has 20 heavy (non-hydrogen) atoms. The number of hydrogen-bond donors (Lipinski definition) is 1. The Balaban J connectivity index is 2.52. The Hall–Kier alpha value is -1.78. The molecular weight excluding hydrogens is 254 g/mol. The van der Waals surface area contributed by atoms with Crippen molar-refractivity contribution in [2.45, 2.75) is 52.8 Å². The van der Waals surface area contributed by atoms with Crippen LogP contribution in [0.5, 0.6) is 0 Å². The van der Waals surface area contributed by atoms with E-state index >= 15 is 0 Å². The van der Waals surface area contributed by atoms with Crippen molar-refractivity contribution in [1.29, 1.82) is 0 Å². The van der Waals surface area contributed by atoms with Crippen LogP contribution in [0.15, 0.2) is 18.3 Å². The molecule has 112 valence electrons. The van der Waals surface area contributed by atoms with E-state index in [2.05, 4.69) is 29.0 Å². The molecule has 0 bridgehead atoms. The van der Waals surface area contributed by atoms with Crippen LogP contribution in [0.2, 0.25) is 0 Å². The van der Waals surface area contributed by atoms with Crippen molar-refractivity contribution in [3.05, 3.63) is 23.9 Å². The first kappa shape index (κ1) is 16.3. The van der Waals surface area contributed by atoms with E-state index in [1.165, 1.54) is 0 Å². The molecule has 1 heterocycles. The third-order valence-electron chi connectivity index (χ3n) is 2.78. The summed E-state index contributed by atoms with van der Waals surface area (Å²) in [6.07, 6.45) is 1.35. The molecule has 0 aliphatic rings. The van der Waals surface area contributed by atoms with Gasteiger partial charge in [-0.05, 0) is 46.2 Å². The van der Waals surface area contributed by atoms with E-state index in [1.807, 2.05) is 40.0 Å². The maximum absolute atomic E-state index is 11.5. The average Bonchev–Trinajstić information content (AvgIpc) is 2.34. The molecular formula is C15H25N3O2. The van der Waals surface area contributed by atoms with Gasteiger partial charge in [0.2, 0.25) is 0 Å². The highest BCUT2D eigenvalue weighted by atomic mass is 16.6. The van der Waals surface area contributed by atoms with Crippen LogP contribution in [0.4, 0.5) is 10.6 Å². The molecule has 1 N–H and O–H groups in total. The normalized spacial score (nSPS) is 11.3. The highest BCUT2D eigenvalue weighted by Crippen LogP contribution is 2.12. The molecule has 0 spiro atoms. The molecule has 0 fully saturated rings. The molecule has 0 unspecified atom stereocenters. The summed E-state index contributed by atoms with van der Waals surface area (Å²) in [4.78, 5) is 18.0. The van der Waals surface area contributed by atoms with Crippen molar-refractivity contribution in [2.75, 3.05) is 11.9 Å². The molecule has 0 saturated heterocycles. The van der Waals surface area contributed by atoms with E-state index in [-0.39, 0.29) is 0 Å². The van der Waals surface area contributed by atoms with Gasteiger partial charge in [0, 0.05) is 25.8 Å². The second kappa shape index (κ2) is 6.59. The van der Waals surface area contributed by atoms with Crippen molar-refractivity contribution in [3.8, 4) is 0 Å². The number of anilines is 1. The zero-order chi connectivity index (χ0) is 15.3. The molecule has 5 nitrogen and oxygen atoms in total. The summed E-state index contributed by atoms with van der Waals surface area (Å²) in [5.74, 6) is 0.918. The van der Waals surface area contributed by atoms with E-state index in [1.54, 1.807) is 6.20 Å². The Morgan fingerprint density at radius 3 is 2.50 bits per heavy atom. The number of carbonyl (C=O) groups excluding carboxylic acids is 1. The van der Waals surface area contributed by atoms with Gasteiger partial charge < -0.3 is 15.0 Å². The van der Waals surface area contributed by atoms with Gasteiger partial charge in [0.25, 0.3) is 0 Å². The molecule has 1 amide bonds. The number of nitrogens with one attached hydrogen (secondary N) is 1. The molecule has 0 aliphatic heterocycles. The Bertz CT molecular complexity index is 435. The maximum atomic E-state index is 11.5. The Kier molecular flexibility index (Phi) is 5.36. The second-order valence-corrected chi connectivity index (χ2v) is 6.08. The van der Waals surface area contributed by atoms with Gasteiger partial charge in [-0.1, -0.05) is 6.07 Å². The first-order chi connectivity index (χ1) is 9.19. The number of amides is 1. The van der Waals surface area contributed by atoms with Crippen LogP contribution < -0.4 is 10.2 Å². The lowest BCUT2D eigenvalue weighted by Crippen LogP contribution is -2.32. The fourth-order valence-electron chi connectivity index (χ4n) is 1.48. The lowest BCUT2D eigenvalue weighted by molar-refractivity contribution is 0.0523. The number of aromatic nitrogens is 1. The fraction of sp³-hybridized carbons (Fsp3) is 0.600. The Morgan fingerprint density at radius 2 is 2.05 bits per heavy atom. The van der Waals surface area contributed by atoms with E-state index < -0.39 is 11.7 Å². The zero-order valence-corrected chi connectivity index (χ0v) is 13.2. The molecule has 0 atom stereocenters. The molecule has 0 aromatic carbocycles. The monoisotopic (exact) mass is 279 g/mol. The molecule has 1 aromatic rings. The number of pyridine rings is 1. The standard InChI is InChI=1S/C15H25N3O2/c1-11(2)18(6)13-8-7-12(9-16-13)10-17-14(19)20-15(3,4)5/h7-9,11H,10H2,1-6H3,(H,17,19). The third-order valence-corrected chi connectivity index (χ3v) is 2.78. The predicted octanol–water partition coefficient (Wildman–Crippen LogP) is 2.95. The fourth-order valence-corrected chi connectivity index (χ4v) is 1.48. The summed E-state index contributed by atoms with van der Waals surface area (Å²) in [7, 11) is 2.01. The summed E-state index contributed by atoms with van der Waals surface area (Å²) in [5.41, 5.74) is 0.461. The highest BCUT2D eigenvalue weighted by Gasteiger charge is 2.15. The van der Waals surface area contributed by atoms with Crippen LogP contribution in [0.3, 0.4) is 0 Å². The van der Waals surface area contributed by atoms with Crippen LogP contribution >= 0.6 is 0 Å². The van der Waals surface area contributed by atoms with E-state index in [9.17, 15) is 4.79 Å². The summed E-state index contributed by atoms with van der Waals surface area (Å²) in [6.45, 7) is 10.1. The molecule has 0 aliphatic carbocycles. The number of nitrogens with zero attached hydrogens (tertiary/aromatic N) is 2. The van der Waals surface area contributed by atoms with Gasteiger partial charge in [-0.3, -0.25) is 0 Å². The lowest BCUT2D eigenvalue weighted by Gasteiger charge is -2.22. The maximum Gasteiger partial charge on any atom is 0.407 e. The largest absolute Gasteiger partial charge is 0.444 e. The summed E-state index contributed by atoms with van der Waals surface area (Å²) in [6, 6.07) is 4.30. The van der Waals surface area contributed by atoms with Crippen molar-refractivity contribution < 1.29 is 9.53 Å². The quantitative estimate of drug-likeness (QED) is 0.920. The van der Waals surface area contributed by atoms with Gasteiger partial charge in [0.05, 0.1) is 0 Å². The van der Waals surface area contributed by atoms with Gasteiger partial charge in [-0.15, -0.1) is 0 Å². The van der Waals surface area contributed by atoms with Gasteiger partial charge in [-0.25, -0.2) is 9.78 Å². The predicted molar refractivity (Wildman–Crippen MR) is 80.8 cm³/mol.